The Morgan fingerprint density at radius 2 is 1.80 bits per heavy atom. The molecule has 2 aromatic rings. The monoisotopic (exact) mass is 378 g/mol. The number of halogens is 1. The zero-order valence-corrected chi connectivity index (χ0v) is 16.2. The Morgan fingerprint density at radius 1 is 1.16 bits per heavy atom. The summed E-state index contributed by atoms with van der Waals surface area (Å²) in [6.07, 6.45) is 0. The molecule has 0 fully saturated rings. The number of ether oxygens (including phenoxy) is 1. The molecule has 0 saturated carbocycles. The van der Waals surface area contributed by atoms with E-state index in [9.17, 15) is 4.79 Å². The molecule has 0 spiro atoms. The predicted octanol–water partition coefficient (Wildman–Crippen LogP) is 3.86. The van der Waals surface area contributed by atoms with Gasteiger partial charge < -0.3 is 15.0 Å². The van der Waals surface area contributed by atoms with Gasteiger partial charge in [0.1, 0.15) is 5.75 Å². The van der Waals surface area contributed by atoms with Crippen molar-refractivity contribution in [1.82, 2.24) is 10.2 Å². The summed E-state index contributed by atoms with van der Waals surface area (Å²) in [6.45, 7) is 0.555. The number of methoxy groups -OCH3 is 1. The molecule has 0 aliphatic carbocycles. The van der Waals surface area contributed by atoms with Crippen LogP contribution < -0.4 is 10.1 Å². The molecular formula is C19H23ClN2O2S. The van der Waals surface area contributed by atoms with Crippen LogP contribution in [-0.4, -0.2) is 44.3 Å². The van der Waals surface area contributed by atoms with E-state index in [1.807, 2.05) is 62.6 Å². The maximum absolute atomic E-state index is 12.1. The van der Waals surface area contributed by atoms with Gasteiger partial charge in [-0.05, 0) is 56.1 Å². The van der Waals surface area contributed by atoms with E-state index in [4.69, 9.17) is 16.3 Å². The highest BCUT2D eigenvalue weighted by Crippen LogP contribution is 2.22. The summed E-state index contributed by atoms with van der Waals surface area (Å²) in [6, 6.07) is 15.5. The highest BCUT2D eigenvalue weighted by molar-refractivity contribution is 8.00. The van der Waals surface area contributed by atoms with Crippen LogP contribution in [0.25, 0.3) is 0 Å². The predicted molar refractivity (Wildman–Crippen MR) is 105 cm³/mol. The maximum Gasteiger partial charge on any atom is 0.230 e. The molecule has 0 aromatic heterocycles. The summed E-state index contributed by atoms with van der Waals surface area (Å²) in [5.74, 6) is 1.22. The number of carbonyl (C=O) groups excluding carboxylic acids is 1. The van der Waals surface area contributed by atoms with Crippen molar-refractivity contribution < 1.29 is 9.53 Å². The molecule has 1 N–H and O–H groups in total. The second-order valence-corrected chi connectivity index (χ2v) is 7.28. The molecule has 0 aliphatic rings. The van der Waals surface area contributed by atoms with Crippen molar-refractivity contribution in [1.29, 1.82) is 0 Å². The Balaban J connectivity index is 1.87. The number of hydrogen-bond acceptors (Lipinski definition) is 4. The van der Waals surface area contributed by atoms with Crippen molar-refractivity contribution in [3.63, 3.8) is 0 Å². The molecule has 0 aliphatic heterocycles. The fourth-order valence-corrected chi connectivity index (χ4v) is 3.22. The number of nitrogens with zero attached hydrogens (tertiary/aromatic N) is 1. The van der Waals surface area contributed by atoms with Crippen molar-refractivity contribution >= 4 is 29.3 Å². The van der Waals surface area contributed by atoms with Crippen molar-refractivity contribution in [2.75, 3.05) is 33.5 Å². The number of rotatable bonds is 8. The molecule has 1 atom stereocenters. The molecular weight excluding hydrogens is 356 g/mol. The fraction of sp³-hybridized carbons (Fsp3) is 0.316. The van der Waals surface area contributed by atoms with Gasteiger partial charge in [-0.2, -0.15) is 0 Å². The normalized spacial score (nSPS) is 12.0. The van der Waals surface area contributed by atoms with E-state index in [0.717, 1.165) is 16.2 Å². The third kappa shape index (κ3) is 6.27. The lowest BCUT2D eigenvalue weighted by Gasteiger charge is -2.25. The summed E-state index contributed by atoms with van der Waals surface area (Å²) in [5, 5.41) is 3.71. The Kier molecular flexibility index (Phi) is 7.62. The van der Waals surface area contributed by atoms with Crippen LogP contribution in [0.15, 0.2) is 53.4 Å². The van der Waals surface area contributed by atoms with Crippen LogP contribution in [0.1, 0.15) is 11.6 Å². The van der Waals surface area contributed by atoms with E-state index in [1.165, 1.54) is 11.8 Å². The molecule has 134 valence electrons. The van der Waals surface area contributed by atoms with Crippen LogP contribution >= 0.6 is 23.4 Å². The summed E-state index contributed by atoms with van der Waals surface area (Å²) < 4.78 is 5.19. The first-order valence-corrected chi connectivity index (χ1v) is 9.31. The minimum Gasteiger partial charge on any atom is -0.497 e. The molecule has 25 heavy (non-hydrogen) atoms. The van der Waals surface area contributed by atoms with E-state index < -0.39 is 0 Å². The van der Waals surface area contributed by atoms with E-state index in [0.29, 0.717) is 17.3 Å². The summed E-state index contributed by atoms with van der Waals surface area (Å²) in [5.41, 5.74) is 1.14. The Hall–Kier alpha value is -1.69. The van der Waals surface area contributed by atoms with Gasteiger partial charge in [0.25, 0.3) is 0 Å². The highest BCUT2D eigenvalue weighted by atomic mass is 35.5. The number of carbonyl (C=O) groups is 1. The first-order chi connectivity index (χ1) is 12.0. The topological polar surface area (TPSA) is 41.6 Å². The van der Waals surface area contributed by atoms with Gasteiger partial charge >= 0.3 is 0 Å². The van der Waals surface area contributed by atoms with Gasteiger partial charge in [0, 0.05) is 16.5 Å². The van der Waals surface area contributed by atoms with Gasteiger partial charge in [-0.25, -0.2) is 0 Å². The molecule has 0 radical (unpaired) electrons. The minimum atomic E-state index is 0.0142. The first-order valence-electron chi connectivity index (χ1n) is 7.95. The zero-order chi connectivity index (χ0) is 18.2. The number of benzene rings is 2. The number of likely N-dealkylation sites (N-methyl/N-ethyl adjacent to an activating group) is 1. The smallest absolute Gasteiger partial charge is 0.230 e. The molecule has 4 nitrogen and oxygen atoms in total. The molecule has 0 bridgehead atoms. The molecule has 0 heterocycles. The van der Waals surface area contributed by atoms with Gasteiger partial charge in [0.05, 0.1) is 18.9 Å². The molecule has 2 aromatic carbocycles. The summed E-state index contributed by atoms with van der Waals surface area (Å²) >= 11 is 7.36. The second-order valence-electron chi connectivity index (χ2n) is 5.80. The minimum absolute atomic E-state index is 0.0142. The Labute approximate surface area is 158 Å². The van der Waals surface area contributed by atoms with E-state index in [-0.39, 0.29) is 11.9 Å². The van der Waals surface area contributed by atoms with Gasteiger partial charge in [0.2, 0.25) is 5.91 Å². The largest absolute Gasteiger partial charge is 0.497 e. The molecule has 0 saturated heterocycles. The number of hydrogen-bond donors (Lipinski definition) is 1. The van der Waals surface area contributed by atoms with E-state index in [1.54, 1.807) is 7.11 Å². The lowest BCUT2D eigenvalue weighted by Crippen LogP contribution is -2.35. The number of nitrogens with one attached hydrogen (secondary N) is 1. The summed E-state index contributed by atoms with van der Waals surface area (Å²) in [7, 11) is 5.66. The first kappa shape index (κ1) is 19.6. The lowest BCUT2D eigenvalue weighted by molar-refractivity contribution is -0.118. The van der Waals surface area contributed by atoms with Crippen LogP contribution in [0.2, 0.25) is 5.02 Å². The molecule has 2 rings (SSSR count). The van der Waals surface area contributed by atoms with Crippen LogP contribution in [0.5, 0.6) is 5.75 Å². The standard InChI is InChI=1S/C19H23ClN2O2S/c1-22(2)18(14-4-8-16(24-3)9-5-14)12-21-19(23)13-25-17-10-6-15(20)7-11-17/h4-11,18H,12-13H2,1-3H3,(H,21,23). The van der Waals surface area contributed by atoms with Crippen molar-refractivity contribution in [2.24, 2.45) is 0 Å². The maximum atomic E-state index is 12.1. The molecule has 1 amide bonds. The van der Waals surface area contributed by atoms with Crippen molar-refractivity contribution in [3.05, 3.63) is 59.1 Å². The molecule has 6 heteroatoms. The van der Waals surface area contributed by atoms with Crippen molar-refractivity contribution in [2.45, 2.75) is 10.9 Å². The van der Waals surface area contributed by atoms with Crippen molar-refractivity contribution in [3.8, 4) is 5.75 Å². The van der Waals surface area contributed by atoms with Gasteiger partial charge in [0.15, 0.2) is 0 Å². The highest BCUT2D eigenvalue weighted by Gasteiger charge is 2.15. The average Bonchev–Trinajstić information content (AvgIpc) is 2.61. The third-order valence-electron chi connectivity index (χ3n) is 3.80. The Morgan fingerprint density at radius 3 is 2.36 bits per heavy atom. The Bertz CT molecular complexity index is 675. The average molecular weight is 379 g/mol. The number of amides is 1. The SMILES string of the molecule is COc1ccc(C(CNC(=O)CSc2ccc(Cl)cc2)N(C)C)cc1. The van der Waals surface area contributed by atoms with Crippen LogP contribution in [0.3, 0.4) is 0 Å². The van der Waals surface area contributed by atoms with E-state index >= 15 is 0 Å². The lowest BCUT2D eigenvalue weighted by atomic mass is 10.1. The van der Waals surface area contributed by atoms with Crippen LogP contribution in [-0.2, 0) is 4.79 Å². The fourth-order valence-electron chi connectivity index (χ4n) is 2.37. The quantitative estimate of drug-likeness (QED) is 0.708. The summed E-state index contributed by atoms with van der Waals surface area (Å²) in [4.78, 5) is 15.3. The van der Waals surface area contributed by atoms with Crippen LogP contribution in [0.4, 0.5) is 0 Å². The third-order valence-corrected chi connectivity index (χ3v) is 5.06. The van der Waals surface area contributed by atoms with Gasteiger partial charge in [-0.1, -0.05) is 23.7 Å². The van der Waals surface area contributed by atoms with Crippen LogP contribution in [0, 0.1) is 0 Å². The van der Waals surface area contributed by atoms with E-state index in [2.05, 4.69) is 10.2 Å². The van der Waals surface area contributed by atoms with Gasteiger partial charge in [-0.15, -0.1) is 11.8 Å². The number of thioether (sulfide) groups is 1. The zero-order valence-electron chi connectivity index (χ0n) is 14.7. The second kappa shape index (κ2) is 9.70. The molecule has 1 unspecified atom stereocenters. The van der Waals surface area contributed by atoms with Gasteiger partial charge in [-0.3, -0.25) is 4.79 Å².